The first-order chi connectivity index (χ1) is 10.8. The number of aliphatic hydroxyl groups excluding tert-OH is 1. The molecule has 118 valence electrons. The van der Waals surface area contributed by atoms with Gasteiger partial charge in [-0.2, -0.15) is 0 Å². The Kier molecular flexibility index (Phi) is 5.24. The standard InChI is InChI=1S/C18H24N2OS/c1-2-14-5-6-16(19-12-14)13-20-9-7-15(8-10-20)18(21)17-4-3-11-22-17/h3-6,11-12,15,18,21H,2,7-10,13H2,1H3/t18-/m0/s1. The van der Waals surface area contributed by atoms with Crippen LogP contribution in [0, 0.1) is 5.92 Å². The molecule has 1 atom stereocenters. The van der Waals surface area contributed by atoms with Gasteiger partial charge >= 0.3 is 0 Å². The van der Waals surface area contributed by atoms with Gasteiger partial charge in [0.1, 0.15) is 0 Å². The minimum Gasteiger partial charge on any atom is -0.387 e. The molecule has 3 nitrogen and oxygen atoms in total. The molecule has 0 amide bonds. The van der Waals surface area contributed by atoms with Crippen LogP contribution in [-0.2, 0) is 13.0 Å². The van der Waals surface area contributed by atoms with Crippen LogP contribution in [0.5, 0.6) is 0 Å². The number of likely N-dealkylation sites (tertiary alicyclic amines) is 1. The van der Waals surface area contributed by atoms with Gasteiger partial charge in [-0.05, 0) is 61.3 Å². The van der Waals surface area contributed by atoms with Crippen molar-refractivity contribution < 1.29 is 5.11 Å². The maximum absolute atomic E-state index is 10.4. The molecule has 1 aliphatic heterocycles. The zero-order valence-corrected chi connectivity index (χ0v) is 13.9. The summed E-state index contributed by atoms with van der Waals surface area (Å²) < 4.78 is 0. The molecule has 0 aromatic carbocycles. The monoisotopic (exact) mass is 316 g/mol. The van der Waals surface area contributed by atoms with Crippen molar-refractivity contribution in [2.75, 3.05) is 13.1 Å². The van der Waals surface area contributed by atoms with Gasteiger partial charge in [0.25, 0.3) is 0 Å². The summed E-state index contributed by atoms with van der Waals surface area (Å²) in [5, 5.41) is 12.5. The highest BCUT2D eigenvalue weighted by molar-refractivity contribution is 7.10. The fourth-order valence-corrected chi connectivity index (χ4v) is 3.91. The molecular weight excluding hydrogens is 292 g/mol. The molecular formula is C18H24N2OS. The fourth-order valence-electron chi connectivity index (χ4n) is 3.11. The van der Waals surface area contributed by atoms with Gasteiger partial charge in [0, 0.05) is 17.6 Å². The van der Waals surface area contributed by atoms with E-state index in [1.807, 2.05) is 23.7 Å². The van der Waals surface area contributed by atoms with Crippen molar-refractivity contribution in [3.63, 3.8) is 0 Å². The minimum atomic E-state index is -0.288. The van der Waals surface area contributed by atoms with Gasteiger partial charge in [0.2, 0.25) is 0 Å². The van der Waals surface area contributed by atoms with E-state index in [2.05, 4.69) is 28.9 Å². The van der Waals surface area contributed by atoms with Crippen molar-refractivity contribution in [2.45, 2.75) is 38.8 Å². The molecule has 22 heavy (non-hydrogen) atoms. The first kappa shape index (κ1) is 15.7. The van der Waals surface area contributed by atoms with E-state index in [1.165, 1.54) is 5.56 Å². The summed E-state index contributed by atoms with van der Waals surface area (Å²) >= 11 is 1.66. The highest BCUT2D eigenvalue weighted by atomic mass is 32.1. The van der Waals surface area contributed by atoms with Crippen molar-refractivity contribution in [3.05, 3.63) is 52.0 Å². The van der Waals surface area contributed by atoms with Crippen LogP contribution in [0.4, 0.5) is 0 Å². The third-order valence-corrected chi connectivity index (χ3v) is 5.54. The minimum absolute atomic E-state index is 0.288. The average Bonchev–Trinajstić information content (AvgIpc) is 3.10. The molecule has 1 N–H and O–H groups in total. The SMILES string of the molecule is CCc1ccc(CN2CCC([C@H](O)c3cccs3)CC2)nc1. The second kappa shape index (κ2) is 7.36. The number of hydrogen-bond acceptors (Lipinski definition) is 4. The van der Waals surface area contributed by atoms with Gasteiger partial charge < -0.3 is 5.11 Å². The molecule has 0 saturated carbocycles. The molecule has 2 aromatic heterocycles. The lowest BCUT2D eigenvalue weighted by molar-refractivity contribution is 0.0587. The van der Waals surface area contributed by atoms with Crippen molar-refractivity contribution in [2.24, 2.45) is 5.92 Å². The molecule has 2 aromatic rings. The molecule has 0 unspecified atom stereocenters. The number of hydrogen-bond donors (Lipinski definition) is 1. The second-order valence-electron chi connectivity index (χ2n) is 6.09. The molecule has 1 saturated heterocycles. The van der Waals surface area contributed by atoms with Crippen LogP contribution in [0.1, 0.15) is 42.0 Å². The zero-order valence-electron chi connectivity index (χ0n) is 13.1. The lowest BCUT2D eigenvalue weighted by Gasteiger charge is -2.33. The van der Waals surface area contributed by atoms with Crippen LogP contribution >= 0.6 is 11.3 Å². The Balaban J connectivity index is 1.51. The van der Waals surface area contributed by atoms with Gasteiger partial charge in [-0.1, -0.05) is 19.1 Å². The average molecular weight is 316 g/mol. The third kappa shape index (κ3) is 3.75. The largest absolute Gasteiger partial charge is 0.387 e. The van der Waals surface area contributed by atoms with E-state index in [1.54, 1.807) is 11.3 Å². The lowest BCUT2D eigenvalue weighted by atomic mass is 9.90. The quantitative estimate of drug-likeness (QED) is 0.914. The number of pyridine rings is 1. The van der Waals surface area contributed by atoms with Gasteiger partial charge in [0.05, 0.1) is 11.8 Å². The molecule has 4 heteroatoms. The van der Waals surface area contributed by atoms with Crippen LogP contribution in [0.25, 0.3) is 0 Å². The van der Waals surface area contributed by atoms with Crippen molar-refractivity contribution >= 4 is 11.3 Å². The van der Waals surface area contributed by atoms with E-state index in [0.29, 0.717) is 5.92 Å². The molecule has 0 radical (unpaired) electrons. The van der Waals surface area contributed by atoms with Gasteiger partial charge in [-0.3, -0.25) is 9.88 Å². The Bertz CT molecular complexity index is 559. The second-order valence-corrected chi connectivity index (χ2v) is 7.06. The topological polar surface area (TPSA) is 36.4 Å². The number of aryl methyl sites for hydroxylation is 1. The molecule has 3 rings (SSSR count). The van der Waals surface area contributed by atoms with Crippen molar-refractivity contribution in [1.29, 1.82) is 0 Å². The lowest BCUT2D eigenvalue weighted by Crippen LogP contribution is -2.35. The van der Waals surface area contributed by atoms with Crippen LogP contribution in [-0.4, -0.2) is 28.1 Å². The summed E-state index contributed by atoms with van der Waals surface area (Å²) in [6, 6.07) is 8.38. The number of rotatable bonds is 5. The number of thiophene rings is 1. The number of aliphatic hydroxyl groups is 1. The van der Waals surface area contributed by atoms with E-state index in [0.717, 1.165) is 49.5 Å². The van der Waals surface area contributed by atoms with Crippen LogP contribution in [0.3, 0.4) is 0 Å². The van der Waals surface area contributed by atoms with Crippen LogP contribution in [0.2, 0.25) is 0 Å². The molecule has 3 heterocycles. The van der Waals surface area contributed by atoms with Crippen LogP contribution in [0.15, 0.2) is 35.8 Å². The highest BCUT2D eigenvalue weighted by Crippen LogP contribution is 2.33. The molecule has 0 spiro atoms. The maximum atomic E-state index is 10.4. The van der Waals surface area contributed by atoms with Gasteiger partial charge in [-0.25, -0.2) is 0 Å². The number of piperidine rings is 1. The number of aromatic nitrogens is 1. The number of nitrogens with zero attached hydrogens (tertiary/aromatic N) is 2. The molecule has 1 fully saturated rings. The van der Waals surface area contributed by atoms with E-state index in [4.69, 9.17) is 0 Å². The summed E-state index contributed by atoms with van der Waals surface area (Å²) in [6.07, 6.45) is 4.87. The first-order valence-electron chi connectivity index (χ1n) is 8.14. The first-order valence-corrected chi connectivity index (χ1v) is 9.02. The Morgan fingerprint density at radius 1 is 1.32 bits per heavy atom. The predicted octanol–water partition coefficient (Wildman–Crippen LogP) is 3.65. The van der Waals surface area contributed by atoms with E-state index >= 15 is 0 Å². The summed E-state index contributed by atoms with van der Waals surface area (Å²) in [7, 11) is 0. The maximum Gasteiger partial charge on any atom is 0.0910 e. The van der Waals surface area contributed by atoms with Gasteiger partial charge in [-0.15, -0.1) is 11.3 Å². The predicted molar refractivity (Wildman–Crippen MR) is 90.9 cm³/mol. The smallest absolute Gasteiger partial charge is 0.0910 e. The summed E-state index contributed by atoms with van der Waals surface area (Å²) in [5.41, 5.74) is 2.44. The summed E-state index contributed by atoms with van der Waals surface area (Å²) in [5.74, 6) is 0.394. The van der Waals surface area contributed by atoms with E-state index in [-0.39, 0.29) is 6.10 Å². The van der Waals surface area contributed by atoms with E-state index in [9.17, 15) is 5.11 Å². The van der Waals surface area contributed by atoms with Crippen molar-refractivity contribution in [3.8, 4) is 0 Å². The van der Waals surface area contributed by atoms with E-state index < -0.39 is 0 Å². The summed E-state index contributed by atoms with van der Waals surface area (Å²) in [6.45, 7) is 5.17. The highest BCUT2D eigenvalue weighted by Gasteiger charge is 2.26. The Hall–Kier alpha value is -1.23. The normalized spacial score (nSPS) is 18.5. The third-order valence-electron chi connectivity index (χ3n) is 4.59. The van der Waals surface area contributed by atoms with Crippen molar-refractivity contribution in [1.82, 2.24) is 9.88 Å². The zero-order chi connectivity index (χ0) is 15.4. The molecule has 1 aliphatic rings. The Morgan fingerprint density at radius 2 is 2.14 bits per heavy atom. The van der Waals surface area contributed by atoms with Gasteiger partial charge in [0.15, 0.2) is 0 Å². The fraction of sp³-hybridized carbons (Fsp3) is 0.500. The Labute approximate surface area is 136 Å². The Morgan fingerprint density at radius 3 is 2.73 bits per heavy atom. The molecule has 0 aliphatic carbocycles. The summed E-state index contributed by atoms with van der Waals surface area (Å²) in [4.78, 5) is 8.11. The molecule has 0 bridgehead atoms. The van der Waals surface area contributed by atoms with Crippen LogP contribution < -0.4 is 0 Å².